The fourth-order valence-corrected chi connectivity index (χ4v) is 4.30. The van der Waals surface area contributed by atoms with Gasteiger partial charge in [0.15, 0.2) is 5.54 Å². The van der Waals surface area contributed by atoms with Crippen LogP contribution >= 0.6 is 15.9 Å². The largest absolute Gasteiger partial charge is 0.494 e. The lowest BCUT2D eigenvalue weighted by Gasteiger charge is -2.23. The first-order valence-electron chi connectivity index (χ1n) is 12.0. The zero-order valence-corrected chi connectivity index (χ0v) is 22.2. The standard InChI is InChI=1S/C28H25BrF4N2O4/c29-22-6-2-18(3-7-22)15-27(26(37)34-16-19-12-21(28(31,32)33)14-23(30)13-19)17-39-25(35-27)20-4-8-24(9-5-20)38-11-1-10-36/h2-9,12-14,36H,1,10-11,15-17H2,(H,34,37)/t27-/m1/s1. The molecule has 0 bridgehead atoms. The highest BCUT2D eigenvalue weighted by Gasteiger charge is 2.44. The maximum Gasteiger partial charge on any atom is 0.416 e. The summed E-state index contributed by atoms with van der Waals surface area (Å²) in [5, 5.41) is 11.5. The average Bonchev–Trinajstić information content (AvgIpc) is 3.33. The molecule has 4 rings (SSSR count). The summed E-state index contributed by atoms with van der Waals surface area (Å²) in [4.78, 5) is 18.1. The van der Waals surface area contributed by atoms with Crippen molar-refractivity contribution in [1.29, 1.82) is 0 Å². The fourth-order valence-electron chi connectivity index (χ4n) is 4.03. The van der Waals surface area contributed by atoms with Crippen LogP contribution in [-0.2, 0) is 28.7 Å². The number of rotatable bonds is 10. The topological polar surface area (TPSA) is 80.2 Å². The molecule has 1 aliphatic rings. The number of aliphatic imine (C=N–C) groups is 1. The minimum atomic E-state index is -4.72. The average molecular weight is 609 g/mol. The molecule has 0 spiro atoms. The lowest BCUT2D eigenvalue weighted by Crippen LogP contribution is -2.48. The molecule has 2 N–H and O–H groups in total. The Kier molecular flexibility index (Phi) is 8.91. The predicted octanol–water partition coefficient (Wildman–Crippen LogP) is 5.44. The van der Waals surface area contributed by atoms with Gasteiger partial charge >= 0.3 is 6.18 Å². The molecule has 0 radical (unpaired) electrons. The van der Waals surface area contributed by atoms with Gasteiger partial charge in [-0.2, -0.15) is 13.2 Å². The van der Waals surface area contributed by atoms with Crippen LogP contribution in [0.4, 0.5) is 17.6 Å². The minimum Gasteiger partial charge on any atom is -0.494 e. The van der Waals surface area contributed by atoms with Crippen LogP contribution in [0.3, 0.4) is 0 Å². The molecular formula is C28H25BrF4N2O4. The van der Waals surface area contributed by atoms with Crippen LogP contribution in [0, 0.1) is 5.82 Å². The van der Waals surface area contributed by atoms with E-state index < -0.39 is 29.0 Å². The Bertz CT molecular complexity index is 1330. The van der Waals surface area contributed by atoms with Crippen molar-refractivity contribution in [3.8, 4) is 5.75 Å². The zero-order valence-electron chi connectivity index (χ0n) is 20.6. The molecule has 1 heterocycles. The van der Waals surface area contributed by atoms with Gasteiger partial charge in [0.25, 0.3) is 5.91 Å². The van der Waals surface area contributed by atoms with Crippen LogP contribution in [0.25, 0.3) is 0 Å². The van der Waals surface area contributed by atoms with Gasteiger partial charge in [-0.15, -0.1) is 0 Å². The highest BCUT2D eigenvalue weighted by molar-refractivity contribution is 9.10. The Balaban J connectivity index is 1.57. The van der Waals surface area contributed by atoms with E-state index in [9.17, 15) is 22.4 Å². The van der Waals surface area contributed by atoms with E-state index in [0.29, 0.717) is 30.4 Å². The highest BCUT2D eigenvalue weighted by Crippen LogP contribution is 2.31. The van der Waals surface area contributed by atoms with Crippen molar-refractivity contribution in [2.45, 2.75) is 31.1 Å². The Hall–Kier alpha value is -3.44. The number of nitrogens with one attached hydrogen (secondary N) is 1. The molecule has 0 aliphatic carbocycles. The molecule has 3 aromatic carbocycles. The second-order valence-electron chi connectivity index (χ2n) is 9.02. The van der Waals surface area contributed by atoms with Crippen LogP contribution < -0.4 is 10.1 Å². The van der Waals surface area contributed by atoms with Crippen molar-refractivity contribution in [3.63, 3.8) is 0 Å². The summed E-state index contributed by atoms with van der Waals surface area (Å²) in [6, 6.07) is 16.3. The summed E-state index contributed by atoms with van der Waals surface area (Å²) >= 11 is 3.38. The molecule has 1 amide bonds. The highest BCUT2D eigenvalue weighted by atomic mass is 79.9. The number of nitrogens with zero attached hydrogens (tertiary/aromatic N) is 1. The Labute approximate surface area is 230 Å². The van der Waals surface area contributed by atoms with Crippen LogP contribution in [0.2, 0.25) is 0 Å². The summed E-state index contributed by atoms with van der Waals surface area (Å²) in [7, 11) is 0. The van der Waals surface area contributed by atoms with Crippen molar-refractivity contribution >= 4 is 27.7 Å². The number of amides is 1. The van der Waals surface area contributed by atoms with Gasteiger partial charge in [-0.1, -0.05) is 28.1 Å². The van der Waals surface area contributed by atoms with E-state index in [0.717, 1.165) is 22.2 Å². The van der Waals surface area contributed by atoms with E-state index in [1.165, 1.54) is 0 Å². The van der Waals surface area contributed by atoms with Gasteiger partial charge in [-0.05, 0) is 65.7 Å². The van der Waals surface area contributed by atoms with Crippen molar-refractivity contribution in [3.05, 3.63) is 99.3 Å². The molecule has 6 nitrogen and oxygen atoms in total. The number of benzene rings is 3. The number of carbonyl (C=O) groups is 1. The monoisotopic (exact) mass is 608 g/mol. The molecule has 0 unspecified atom stereocenters. The van der Waals surface area contributed by atoms with Gasteiger partial charge in [0, 0.05) is 36.0 Å². The molecular weight excluding hydrogens is 584 g/mol. The van der Waals surface area contributed by atoms with E-state index in [-0.39, 0.29) is 37.6 Å². The quantitative estimate of drug-likeness (QED) is 0.237. The van der Waals surface area contributed by atoms with E-state index in [4.69, 9.17) is 14.6 Å². The third-order valence-corrected chi connectivity index (χ3v) is 6.53. The molecule has 39 heavy (non-hydrogen) atoms. The number of halogens is 5. The van der Waals surface area contributed by atoms with Crippen molar-refractivity contribution in [2.75, 3.05) is 19.8 Å². The molecule has 1 atom stereocenters. The Morgan fingerprint density at radius 2 is 1.79 bits per heavy atom. The third-order valence-electron chi connectivity index (χ3n) is 6.01. The lowest BCUT2D eigenvalue weighted by atomic mass is 9.91. The summed E-state index contributed by atoms with van der Waals surface area (Å²) in [6.45, 7) is -0.0457. The van der Waals surface area contributed by atoms with Gasteiger partial charge in [-0.3, -0.25) is 4.79 Å². The molecule has 0 fully saturated rings. The normalized spacial score (nSPS) is 16.9. The van der Waals surface area contributed by atoms with Crippen LogP contribution in [0.15, 0.2) is 76.2 Å². The summed E-state index contributed by atoms with van der Waals surface area (Å²) in [6.07, 6.45) is -4.06. The Morgan fingerprint density at radius 1 is 1.08 bits per heavy atom. The molecule has 11 heteroatoms. The first-order chi connectivity index (χ1) is 18.6. The van der Waals surface area contributed by atoms with E-state index >= 15 is 0 Å². The molecule has 0 saturated heterocycles. The van der Waals surface area contributed by atoms with Gasteiger partial charge in [0.1, 0.15) is 18.2 Å². The van der Waals surface area contributed by atoms with Gasteiger partial charge in [0.05, 0.1) is 12.2 Å². The number of hydrogen-bond acceptors (Lipinski definition) is 5. The van der Waals surface area contributed by atoms with Gasteiger partial charge in [0.2, 0.25) is 5.90 Å². The fraction of sp³-hybridized carbons (Fsp3) is 0.286. The third kappa shape index (κ3) is 7.36. The maximum atomic E-state index is 13.9. The SMILES string of the molecule is O=C(NCc1cc(F)cc(C(F)(F)F)c1)[C@@]1(Cc2ccc(Br)cc2)COC(c2ccc(OCCCO)cc2)=N1. The zero-order chi connectivity index (χ0) is 28.0. The number of ether oxygens (including phenoxy) is 2. The first kappa shape index (κ1) is 28.6. The van der Waals surface area contributed by atoms with Crippen molar-refractivity contribution < 1.29 is 36.9 Å². The second kappa shape index (κ2) is 12.2. The minimum absolute atomic E-state index is 0.0218. The maximum absolute atomic E-state index is 13.9. The van der Waals surface area contributed by atoms with Crippen molar-refractivity contribution in [2.24, 2.45) is 4.99 Å². The molecule has 3 aromatic rings. The molecule has 0 saturated carbocycles. The summed E-state index contributed by atoms with van der Waals surface area (Å²) < 4.78 is 65.5. The molecule has 0 aromatic heterocycles. The van der Waals surface area contributed by atoms with Crippen LogP contribution in [0.1, 0.15) is 28.7 Å². The smallest absolute Gasteiger partial charge is 0.416 e. The van der Waals surface area contributed by atoms with Gasteiger partial charge < -0.3 is 19.9 Å². The Morgan fingerprint density at radius 3 is 2.46 bits per heavy atom. The molecule has 206 valence electrons. The van der Waals surface area contributed by atoms with Gasteiger partial charge in [-0.25, -0.2) is 9.38 Å². The van der Waals surface area contributed by atoms with E-state index in [1.54, 1.807) is 24.3 Å². The number of carbonyl (C=O) groups excluding carboxylic acids is 1. The van der Waals surface area contributed by atoms with E-state index in [1.807, 2.05) is 24.3 Å². The predicted molar refractivity (Wildman–Crippen MR) is 140 cm³/mol. The van der Waals surface area contributed by atoms with E-state index in [2.05, 4.69) is 26.2 Å². The van der Waals surface area contributed by atoms with Crippen LogP contribution in [0.5, 0.6) is 5.75 Å². The van der Waals surface area contributed by atoms with Crippen LogP contribution in [-0.4, -0.2) is 42.3 Å². The number of hydrogen-bond donors (Lipinski definition) is 2. The van der Waals surface area contributed by atoms with Crippen molar-refractivity contribution in [1.82, 2.24) is 5.32 Å². The summed E-state index contributed by atoms with van der Waals surface area (Å²) in [5.41, 5.74) is -1.17. The molecule has 1 aliphatic heterocycles. The lowest BCUT2D eigenvalue weighted by molar-refractivity contribution is -0.137. The number of alkyl halides is 3. The first-order valence-corrected chi connectivity index (χ1v) is 12.8. The summed E-state index contributed by atoms with van der Waals surface area (Å²) in [5.74, 6) is -0.790. The number of aliphatic hydroxyl groups excluding tert-OH is 1. The number of aliphatic hydroxyl groups is 1. The second-order valence-corrected chi connectivity index (χ2v) is 9.93.